The summed E-state index contributed by atoms with van der Waals surface area (Å²) in [6.45, 7) is 0. The second kappa shape index (κ2) is 9.19. The highest BCUT2D eigenvalue weighted by Gasteiger charge is 2.30. The van der Waals surface area contributed by atoms with E-state index in [4.69, 9.17) is 11.6 Å². The minimum absolute atomic E-state index is 0.0577. The van der Waals surface area contributed by atoms with Gasteiger partial charge in [-0.2, -0.15) is 0 Å². The molecule has 2 heterocycles. The van der Waals surface area contributed by atoms with E-state index in [0.29, 0.717) is 16.8 Å². The van der Waals surface area contributed by atoms with Gasteiger partial charge in [0.05, 0.1) is 22.1 Å². The number of benzene rings is 2. The minimum atomic E-state index is -1.25. The van der Waals surface area contributed by atoms with E-state index in [1.807, 2.05) is 6.07 Å². The van der Waals surface area contributed by atoms with Crippen LogP contribution in [0.5, 0.6) is 0 Å². The van der Waals surface area contributed by atoms with Crippen LogP contribution >= 0.6 is 11.6 Å². The molecule has 0 aliphatic heterocycles. The predicted molar refractivity (Wildman–Crippen MR) is 133 cm³/mol. The molecule has 3 N–H and O–H groups in total. The van der Waals surface area contributed by atoms with Crippen molar-refractivity contribution in [1.29, 1.82) is 0 Å². The van der Waals surface area contributed by atoms with Crippen LogP contribution in [0.1, 0.15) is 24.3 Å². The first kappa shape index (κ1) is 23.7. The van der Waals surface area contributed by atoms with Gasteiger partial charge in [-0.1, -0.05) is 17.7 Å². The summed E-state index contributed by atoms with van der Waals surface area (Å²) in [6, 6.07) is 6.24. The molecule has 0 radical (unpaired) electrons. The van der Waals surface area contributed by atoms with Gasteiger partial charge in [-0.05, 0) is 54.5 Å². The third kappa shape index (κ3) is 4.35. The summed E-state index contributed by atoms with van der Waals surface area (Å²) in [5.41, 5.74) is -0.302. The predicted octanol–water partition coefficient (Wildman–Crippen LogP) is 6.02. The molecular weight excluding hydrogens is 495 g/mol. The summed E-state index contributed by atoms with van der Waals surface area (Å²) < 4.78 is 43.3. The number of hydrogen-bond donors (Lipinski definition) is 3. The van der Waals surface area contributed by atoms with Crippen LogP contribution in [-0.2, 0) is 0 Å². The Morgan fingerprint density at radius 3 is 2.56 bits per heavy atom. The zero-order valence-electron chi connectivity index (χ0n) is 18.8. The molecule has 2 aromatic carbocycles. The highest BCUT2D eigenvalue weighted by Crippen LogP contribution is 2.42. The van der Waals surface area contributed by atoms with E-state index >= 15 is 0 Å². The molecule has 0 saturated heterocycles. The van der Waals surface area contributed by atoms with Crippen molar-refractivity contribution in [2.24, 2.45) is 0 Å². The van der Waals surface area contributed by atoms with Crippen molar-refractivity contribution < 1.29 is 18.0 Å². The van der Waals surface area contributed by atoms with E-state index in [1.165, 1.54) is 16.7 Å². The number of aromatic nitrogens is 2. The Balaban J connectivity index is 1.55. The van der Waals surface area contributed by atoms with Gasteiger partial charge in [-0.25, -0.2) is 22.9 Å². The minimum Gasteiger partial charge on any atom is -0.373 e. The van der Waals surface area contributed by atoms with Gasteiger partial charge in [0, 0.05) is 30.4 Å². The maximum absolute atomic E-state index is 14.7. The molecule has 0 atom stereocenters. The van der Waals surface area contributed by atoms with E-state index in [1.54, 1.807) is 19.4 Å². The number of fused-ring (bicyclic) bond motifs is 1. The lowest BCUT2D eigenvalue weighted by Gasteiger charge is -2.16. The van der Waals surface area contributed by atoms with Crippen LogP contribution in [0.25, 0.3) is 16.5 Å². The number of carbonyl (C=O) groups is 1. The average molecular weight is 514 g/mol. The van der Waals surface area contributed by atoms with Crippen molar-refractivity contribution in [2.75, 3.05) is 23.0 Å². The Bertz CT molecular complexity index is 1590. The third-order valence-electron chi connectivity index (χ3n) is 5.93. The second-order valence-corrected chi connectivity index (χ2v) is 8.77. The lowest BCUT2D eigenvalue weighted by atomic mass is 10.0. The van der Waals surface area contributed by atoms with Gasteiger partial charge in [0.1, 0.15) is 11.6 Å². The van der Waals surface area contributed by atoms with Crippen LogP contribution in [0.4, 0.5) is 35.2 Å². The molecule has 184 valence electrons. The first-order valence-electron chi connectivity index (χ1n) is 11.0. The number of amides is 2. The van der Waals surface area contributed by atoms with E-state index in [-0.39, 0.29) is 27.9 Å². The molecule has 0 bridgehead atoms. The number of nitrogens with zero attached hydrogens (tertiary/aromatic N) is 2. The molecule has 0 spiro atoms. The molecule has 1 saturated carbocycles. The fraction of sp³-hybridized carbons (Fsp3) is 0.160. The number of pyridine rings is 2. The maximum atomic E-state index is 14.7. The Morgan fingerprint density at radius 1 is 1.08 bits per heavy atom. The van der Waals surface area contributed by atoms with Gasteiger partial charge in [-0.3, -0.25) is 9.36 Å². The van der Waals surface area contributed by atoms with Crippen molar-refractivity contribution in [2.45, 2.75) is 18.8 Å². The van der Waals surface area contributed by atoms with Crippen LogP contribution in [0.2, 0.25) is 5.02 Å². The van der Waals surface area contributed by atoms with Crippen LogP contribution in [-0.4, -0.2) is 22.6 Å². The normalized spacial score (nSPS) is 13.0. The summed E-state index contributed by atoms with van der Waals surface area (Å²) >= 11 is 6.31. The highest BCUT2D eigenvalue weighted by atomic mass is 35.5. The van der Waals surface area contributed by atoms with E-state index in [0.717, 1.165) is 36.4 Å². The number of hydrogen-bond acceptors (Lipinski definition) is 4. The first-order chi connectivity index (χ1) is 17.3. The quantitative estimate of drug-likeness (QED) is 0.304. The van der Waals surface area contributed by atoms with Crippen LogP contribution in [0.3, 0.4) is 0 Å². The van der Waals surface area contributed by atoms with Crippen LogP contribution in [0, 0.1) is 17.5 Å². The Kier molecular flexibility index (Phi) is 6.05. The molecule has 0 unspecified atom stereocenters. The fourth-order valence-corrected chi connectivity index (χ4v) is 4.26. The van der Waals surface area contributed by atoms with Gasteiger partial charge < -0.3 is 16.0 Å². The monoisotopic (exact) mass is 513 g/mol. The molecule has 7 nitrogen and oxygen atoms in total. The molecular formula is C25H19ClF3N5O2. The molecule has 1 aliphatic carbocycles. The van der Waals surface area contributed by atoms with Crippen molar-refractivity contribution in [1.82, 2.24) is 9.55 Å². The van der Waals surface area contributed by atoms with Crippen molar-refractivity contribution >= 4 is 45.6 Å². The van der Waals surface area contributed by atoms with Gasteiger partial charge >= 0.3 is 6.03 Å². The van der Waals surface area contributed by atoms with Gasteiger partial charge in [0.2, 0.25) is 0 Å². The van der Waals surface area contributed by atoms with E-state index in [9.17, 15) is 22.8 Å². The average Bonchev–Trinajstić information content (AvgIpc) is 3.68. The molecule has 4 aromatic rings. The molecule has 1 aliphatic rings. The lowest BCUT2D eigenvalue weighted by Crippen LogP contribution is -2.24. The third-order valence-corrected chi connectivity index (χ3v) is 6.23. The molecule has 11 heteroatoms. The molecule has 2 amide bonds. The maximum Gasteiger partial charge on any atom is 0.323 e. The summed E-state index contributed by atoms with van der Waals surface area (Å²) in [5, 5.41) is 8.75. The Labute approximate surface area is 207 Å². The number of carbonyl (C=O) groups excluding carboxylic acids is 1. The van der Waals surface area contributed by atoms with Gasteiger partial charge in [-0.15, -0.1) is 0 Å². The van der Waals surface area contributed by atoms with Gasteiger partial charge in [0.25, 0.3) is 5.56 Å². The number of urea groups is 1. The van der Waals surface area contributed by atoms with Crippen molar-refractivity contribution in [3.8, 4) is 5.69 Å². The smallest absolute Gasteiger partial charge is 0.323 e. The zero-order chi connectivity index (χ0) is 25.6. The summed E-state index contributed by atoms with van der Waals surface area (Å²) in [4.78, 5) is 30.2. The summed E-state index contributed by atoms with van der Waals surface area (Å²) in [5.74, 6) is -2.58. The second-order valence-electron chi connectivity index (χ2n) is 8.36. The first-order valence-corrected chi connectivity index (χ1v) is 11.4. The van der Waals surface area contributed by atoms with E-state index in [2.05, 4.69) is 20.9 Å². The molecule has 36 heavy (non-hydrogen) atoms. The van der Waals surface area contributed by atoms with E-state index < -0.39 is 29.2 Å². The number of rotatable bonds is 5. The number of halogens is 4. The van der Waals surface area contributed by atoms with Crippen molar-refractivity contribution in [3.05, 3.63) is 87.2 Å². The summed E-state index contributed by atoms with van der Waals surface area (Å²) in [6.07, 6.45) is 4.92. The molecule has 1 fully saturated rings. The van der Waals surface area contributed by atoms with Crippen LogP contribution in [0.15, 0.2) is 53.6 Å². The lowest BCUT2D eigenvalue weighted by molar-refractivity contribution is 0.262. The fourth-order valence-electron chi connectivity index (χ4n) is 4.02. The zero-order valence-corrected chi connectivity index (χ0v) is 19.6. The SMILES string of the molecule is CNc1cc2c(C3CC3)c(=O)n(-c3cc(NC(=O)Nc4cccc(F)c4F)c(F)cc3Cl)cc2cn1. The summed E-state index contributed by atoms with van der Waals surface area (Å²) in [7, 11) is 1.73. The largest absolute Gasteiger partial charge is 0.373 e. The van der Waals surface area contributed by atoms with Gasteiger partial charge in [0.15, 0.2) is 11.6 Å². The van der Waals surface area contributed by atoms with Crippen molar-refractivity contribution in [3.63, 3.8) is 0 Å². The van der Waals surface area contributed by atoms with Crippen LogP contribution < -0.4 is 21.5 Å². The topological polar surface area (TPSA) is 88.0 Å². The highest BCUT2D eigenvalue weighted by molar-refractivity contribution is 6.32. The number of anilines is 3. The number of nitrogens with one attached hydrogen (secondary N) is 3. The Hall–Kier alpha value is -4.05. The molecule has 2 aromatic heterocycles. The Morgan fingerprint density at radius 2 is 1.83 bits per heavy atom. The molecule has 5 rings (SSSR count). The standard InChI is InChI=1S/C25H19ClF3N5O2/c1-30-21-7-14-13(10-31-21)11-34(24(35)22(14)12-5-6-12)20-9-19(17(28)8-15(20)26)33-25(36)32-18-4-2-3-16(27)23(18)29/h2-4,7-12,30H,5-6H2,1H3,(H2,32,33,36).